The van der Waals surface area contributed by atoms with Crippen LogP contribution in [0.25, 0.3) is 0 Å². The Morgan fingerprint density at radius 1 is 1.44 bits per heavy atom. The van der Waals surface area contributed by atoms with Gasteiger partial charge in [-0.2, -0.15) is 0 Å². The molecule has 1 aliphatic carbocycles. The van der Waals surface area contributed by atoms with Crippen molar-refractivity contribution in [2.45, 2.75) is 38.5 Å². The Hall–Kier alpha value is -1.54. The van der Waals surface area contributed by atoms with Gasteiger partial charge in [-0.3, -0.25) is 0 Å². The van der Waals surface area contributed by atoms with E-state index in [1.807, 2.05) is 5.38 Å². The van der Waals surface area contributed by atoms with Gasteiger partial charge in [0, 0.05) is 11.8 Å². The lowest BCUT2D eigenvalue weighted by Crippen LogP contribution is -2.04. The molecule has 0 aliphatic heterocycles. The molecule has 2 rings (SSSR count). The first kappa shape index (κ1) is 12.9. The maximum Gasteiger partial charge on any atom is 0.167 e. The van der Waals surface area contributed by atoms with Crippen LogP contribution in [0.1, 0.15) is 49.2 Å². The third-order valence-electron chi connectivity index (χ3n) is 3.07. The lowest BCUT2D eigenvalue weighted by atomic mass is 9.87. The van der Waals surface area contributed by atoms with E-state index in [-0.39, 0.29) is 0 Å². The van der Waals surface area contributed by atoms with Crippen molar-refractivity contribution < 1.29 is 0 Å². The predicted molar refractivity (Wildman–Crippen MR) is 73.6 cm³/mol. The molecule has 0 aromatic carbocycles. The number of hydrogen-bond acceptors (Lipinski definition) is 4. The molecule has 1 aliphatic rings. The van der Waals surface area contributed by atoms with Crippen LogP contribution in [0.15, 0.2) is 15.8 Å². The van der Waals surface area contributed by atoms with Gasteiger partial charge >= 0.3 is 0 Å². The number of thiazole rings is 1. The topological polar surface area (TPSA) is 54.7 Å². The Bertz CT molecular complexity index is 478. The molecule has 1 saturated carbocycles. The maximum atomic E-state index is 9.83. The number of nitrogens with zero attached hydrogens (tertiary/aromatic N) is 3. The zero-order valence-corrected chi connectivity index (χ0v) is 10.9. The molecule has 0 unspecified atom stereocenters. The van der Waals surface area contributed by atoms with Gasteiger partial charge in [-0.25, -0.2) is 4.98 Å². The van der Waals surface area contributed by atoms with Crippen molar-refractivity contribution in [1.82, 2.24) is 4.98 Å². The van der Waals surface area contributed by atoms with E-state index in [2.05, 4.69) is 27.2 Å². The Kier molecular flexibility index (Phi) is 5.03. The first-order valence-corrected chi connectivity index (χ1v) is 7.06. The monoisotopic (exact) mass is 261 g/mol. The van der Waals surface area contributed by atoms with Crippen molar-refractivity contribution in [1.29, 1.82) is 0 Å². The van der Waals surface area contributed by atoms with Crippen LogP contribution in [0.4, 0.5) is 0 Å². The highest BCUT2D eigenvalue weighted by molar-refractivity contribution is 7.10. The summed E-state index contributed by atoms with van der Waals surface area (Å²) in [5.74, 6) is 7.05. The van der Waals surface area contributed by atoms with Crippen LogP contribution in [-0.2, 0) is 0 Å². The molecule has 0 bridgehead atoms. The second kappa shape index (κ2) is 7.02. The van der Waals surface area contributed by atoms with Crippen molar-refractivity contribution >= 4 is 17.6 Å². The largest absolute Gasteiger partial charge is 0.227 e. The fraction of sp³-hybridized carbons (Fsp3) is 0.538. The minimum atomic E-state index is 0.640. The lowest BCUT2D eigenvalue weighted by molar-refractivity contribution is 0.365. The van der Waals surface area contributed by atoms with Gasteiger partial charge in [0.25, 0.3) is 0 Å². The zero-order chi connectivity index (χ0) is 12.6. The predicted octanol–water partition coefficient (Wildman–Crippen LogP) is 3.57. The molecule has 1 aromatic heterocycles. The van der Waals surface area contributed by atoms with Gasteiger partial charge in [-0.05, 0) is 24.7 Å². The molecule has 94 valence electrons. The third kappa shape index (κ3) is 4.04. The summed E-state index contributed by atoms with van der Waals surface area (Å²) in [6.07, 6.45) is 9.02. The van der Waals surface area contributed by atoms with Crippen molar-refractivity contribution in [3.63, 3.8) is 0 Å². The van der Waals surface area contributed by atoms with Gasteiger partial charge in [0.15, 0.2) is 5.01 Å². The van der Waals surface area contributed by atoms with Crippen LogP contribution in [0.5, 0.6) is 0 Å². The van der Waals surface area contributed by atoms with E-state index in [0.717, 1.165) is 17.3 Å². The molecule has 0 amide bonds. The molecule has 1 aromatic rings. The minimum absolute atomic E-state index is 0.640. The fourth-order valence-electron chi connectivity index (χ4n) is 2.15. The summed E-state index contributed by atoms with van der Waals surface area (Å²) in [4.78, 5) is 14.1. The standard InChI is InChI=1S/C13H15N3OS/c17-16-14-9-12-10-18-13(15-12)8-4-7-11-5-2-1-3-6-11/h9-11H,1-3,5-7H2. The SMILES string of the molecule is O=NN=Cc1csc(C#CCC2CCCCC2)n1. The normalized spacial score (nSPS) is 16.4. The zero-order valence-electron chi connectivity index (χ0n) is 10.1. The van der Waals surface area contributed by atoms with Crippen LogP contribution in [0, 0.1) is 22.7 Å². The van der Waals surface area contributed by atoms with Gasteiger partial charge in [-0.15, -0.1) is 21.3 Å². The summed E-state index contributed by atoms with van der Waals surface area (Å²) in [5.41, 5.74) is 0.640. The summed E-state index contributed by atoms with van der Waals surface area (Å²) >= 11 is 1.47. The Morgan fingerprint density at radius 2 is 2.28 bits per heavy atom. The first-order chi connectivity index (χ1) is 8.88. The third-order valence-corrected chi connectivity index (χ3v) is 3.85. The second-order valence-electron chi connectivity index (χ2n) is 4.41. The smallest absolute Gasteiger partial charge is 0.167 e. The second-order valence-corrected chi connectivity index (χ2v) is 5.27. The maximum absolute atomic E-state index is 9.83. The summed E-state index contributed by atoms with van der Waals surface area (Å²) < 4.78 is 0. The molecule has 18 heavy (non-hydrogen) atoms. The molecule has 1 fully saturated rings. The van der Waals surface area contributed by atoms with Crippen LogP contribution in [0.2, 0.25) is 0 Å². The van der Waals surface area contributed by atoms with E-state index in [9.17, 15) is 4.91 Å². The molecule has 5 heteroatoms. The van der Waals surface area contributed by atoms with E-state index in [1.165, 1.54) is 49.7 Å². The van der Waals surface area contributed by atoms with Crippen LogP contribution in [-0.4, -0.2) is 11.2 Å². The van der Waals surface area contributed by atoms with E-state index >= 15 is 0 Å². The highest BCUT2D eigenvalue weighted by Gasteiger charge is 2.11. The number of aromatic nitrogens is 1. The number of nitroso groups, excluding NO2 is 1. The van der Waals surface area contributed by atoms with E-state index in [0.29, 0.717) is 5.69 Å². The first-order valence-electron chi connectivity index (χ1n) is 6.18. The van der Waals surface area contributed by atoms with Gasteiger partial charge < -0.3 is 0 Å². The molecule has 0 spiro atoms. The van der Waals surface area contributed by atoms with E-state index in [1.54, 1.807) is 0 Å². The Balaban J connectivity index is 1.86. The summed E-state index contributed by atoms with van der Waals surface area (Å²) in [5, 5.41) is 8.26. The van der Waals surface area contributed by atoms with Crippen molar-refractivity contribution in [3.8, 4) is 11.8 Å². The van der Waals surface area contributed by atoms with Crippen LogP contribution >= 0.6 is 11.3 Å². The molecule has 0 atom stereocenters. The molecule has 0 N–H and O–H groups in total. The molecule has 0 radical (unpaired) electrons. The number of hydrogen-bond donors (Lipinski definition) is 0. The molecule has 4 nitrogen and oxygen atoms in total. The molecular weight excluding hydrogens is 246 g/mol. The summed E-state index contributed by atoms with van der Waals surface area (Å²) in [7, 11) is 0. The lowest BCUT2D eigenvalue weighted by Gasteiger charge is -2.18. The molecular formula is C13H15N3OS. The minimum Gasteiger partial charge on any atom is -0.227 e. The Labute approximate surface area is 110 Å². The van der Waals surface area contributed by atoms with Crippen LogP contribution < -0.4 is 0 Å². The Morgan fingerprint density at radius 3 is 3.06 bits per heavy atom. The quantitative estimate of drug-likeness (QED) is 0.361. The van der Waals surface area contributed by atoms with Crippen molar-refractivity contribution in [3.05, 3.63) is 21.0 Å². The highest BCUT2D eigenvalue weighted by atomic mass is 32.1. The van der Waals surface area contributed by atoms with Gasteiger partial charge in [-0.1, -0.05) is 25.2 Å². The molecule has 0 saturated heterocycles. The molecule has 1 heterocycles. The average Bonchev–Trinajstić information content (AvgIpc) is 2.85. The van der Waals surface area contributed by atoms with Gasteiger partial charge in [0.05, 0.1) is 17.2 Å². The van der Waals surface area contributed by atoms with E-state index in [4.69, 9.17) is 0 Å². The summed E-state index contributed by atoms with van der Waals surface area (Å²) in [6, 6.07) is 0. The van der Waals surface area contributed by atoms with Gasteiger partial charge in [0.2, 0.25) is 0 Å². The number of rotatable bonds is 3. The van der Waals surface area contributed by atoms with Crippen molar-refractivity contribution in [2.24, 2.45) is 16.3 Å². The van der Waals surface area contributed by atoms with Gasteiger partial charge in [0.1, 0.15) is 0 Å². The van der Waals surface area contributed by atoms with Crippen LogP contribution in [0.3, 0.4) is 0 Å². The average molecular weight is 261 g/mol. The highest BCUT2D eigenvalue weighted by Crippen LogP contribution is 2.25. The van der Waals surface area contributed by atoms with Crippen molar-refractivity contribution in [2.75, 3.05) is 0 Å². The summed E-state index contributed by atoms with van der Waals surface area (Å²) in [6.45, 7) is 0. The van der Waals surface area contributed by atoms with E-state index < -0.39 is 0 Å². The fourth-order valence-corrected chi connectivity index (χ4v) is 2.78.